The van der Waals surface area contributed by atoms with Crippen molar-refractivity contribution in [2.24, 2.45) is 0 Å². The zero-order chi connectivity index (χ0) is 18.5. The molecule has 7 heteroatoms. The molecule has 0 amide bonds. The van der Waals surface area contributed by atoms with Crippen LogP contribution in [0.5, 0.6) is 0 Å². The number of aromatic amines is 2. The molecule has 6 nitrogen and oxygen atoms in total. The molecule has 2 aromatic heterocycles. The van der Waals surface area contributed by atoms with Gasteiger partial charge >= 0.3 is 0 Å². The van der Waals surface area contributed by atoms with Gasteiger partial charge in [0.2, 0.25) is 5.82 Å². The number of nitrogens with zero attached hydrogens (tertiary/aromatic N) is 3. The predicted molar refractivity (Wildman–Crippen MR) is 106 cm³/mol. The molecule has 0 aliphatic heterocycles. The number of hydrogen-bond acceptors (Lipinski definition) is 5. The fraction of sp³-hybridized carbons (Fsp3) is 0. The van der Waals surface area contributed by atoms with Gasteiger partial charge in [0.15, 0.2) is 0 Å². The summed E-state index contributed by atoms with van der Waals surface area (Å²) in [6, 6.07) is 21.7. The highest BCUT2D eigenvalue weighted by atomic mass is 32.2. The van der Waals surface area contributed by atoms with Crippen LogP contribution in [0.1, 0.15) is 11.3 Å². The quantitative estimate of drug-likeness (QED) is 0.554. The smallest absolute Gasteiger partial charge is 0.259 e. The lowest BCUT2D eigenvalue weighted by Crippen LogP contribution is -2.12. The molecule has 0 atom stereocenters. The van der Waals surface area contributed by atoms with Crippen molar-refractivity contribution < 1.29 is 0 Å². The molecule has 0 bridgehead atoms. The van der Waals surface area contributed by atoms with Crippen LogP contribution in [-0.2, 0) is 0 Å². The molecule has 0 saturated heterocycles. The summed E-state index contributed by atoms with van der Waals surface area (Å²) in [4.78, 5) is 17.4. The average molecular weight is 373 g/mol. The van der Waals surface area contributed by atoms with E-state index in [-0.39, 0.29) is 11.4 Å². The van der Waals surface area contributed by atoms with Crippen molar-refractivity contribution in [1.82, 2.24) is 25.6 Å². The minimum atomic E-state index is -0.262. The topological polar surface area (TPSA) is 87.3 Å². The van der Waals surface area contributed by atoms with E-state index < -0.39 is 0 Å². The molecule has 0 saturated carbocycles. The maximum absolute atomic E-state index is 12.5. The van der Waals surface area contributed by atoms with Gasteiger partial charge in [-0.15, -0.1) is 10.2 Å². The number of benzene rings is 2. The van der Waals surface area contributed by atoms with Crippen molar-refractivity contribution in [2.75, 3.05) is 0 Å². The molecule has 2 aromatic carbocycles. The van der Waals surface area contributed by atoms with Crippen LogP contribution in [0.15, 0.2) is 81.3 Å². The van der Waals surface area contributed by atoms with Crippen LogP contribution >= 0.6 is 11.8 Å². The second kappa shape index (κ2) is 7.84. The number of hydrogen-bond donors (Lipinski definition) is 2. The van der Waals surface area contributed by atoms with E-state index in [0.29, 0.717) is 5.56 Å². The molecule has 2 N–H and O–H groups in total. The highest BCUT2D eigenvalue weighted by molar-refractivity contribution is 7.99. The minimum Gasteiger partial charge on any atom is -0.321 e. The third-order valence-corrected chi connectivity index (χ3v) is 4.90. The van der Waals surface area contributed by atoms with Gasteiger partial charge in [0.05, 0.1) is 11.3 Å². The van der Waals surface area contributed by atoms with Crippen molar-refractivity contribution in [1.29, 1.82) is 0 Å². The Morgan fingerprint density at radius 2 is 1.67 bits per heavy atom. The molecular formula is C20H15N5OS. The largest absolute Gasteiger partial charge is 0.321 e. The zero-order valence-corrected chi connectivity index (χ0v) is 15.0. The van der Waals surface area contributed by atoms with Crippen molar-refractivity contribution >= 4 is 23.9 Å². The van der Waals surface area contributed by atoms with Gasteiger partial charge in [-0.25, -0.2) is 0 Å². The molecule has 0 radical (unpaired) electrons. The van der Waals surface area contributed by atoms with Gasteiger partial charge in [0.25, 0.3) is 5.56 Å². The van der Waals surface area contributed by atoms with Gasteiger partial charge in [-0.05, 0) is 35.1 Å². The lowest BCUT2D eigenvalue weighted by atomic mass is 10.2. The van der Waals surface area contributed by atoms with Gasteiger partial charge < -0.3 is 4.98 Å². The number of H-pyrrole nitrogens is 2. The van der Waals surface area contributed by atoms with Crippen LogP contribution in [0.2, 0.25) is 0 Å². The van der Waals surface area contributed by atoms with E-state index in [0.717, 1.165) is 21.0 Å². The monoisotopic (exact) mass is 373 g/mol. The zero-order valence-electron chi connectivity index (χ0n) is 14.2. The standard InChI is InChI=1S/C20H15N5OS/c26-20-16(19-22-24-25-23-19)13-18(27-15-9-5-2-6-10-15)17(21-20)12-11-14-7-3-1-4-8-14/h1-13H,(H,21,26)(H,22,23,24,25). The van der Waals surface area contributed by atoms with Crippen LogP contribution in [0, 0.1) is 0 Å². The fourth-order valence-corrected chi connectivity index (χ4v) is 3.49. The molecule has 0 fully saturated rings. The van der Waals surface area contributed by atoms with E-state index in [1.54, 1.807) is 17.8 Å². The van der Waals surface area contributed by atoms with E-state index in [1.807, 2.05) is 72.8 Å². The summed E-state index contributed by atoms with van der Waals surface area (Å²) < 4.78 is 0. The van der Waals surface area contributed by atoms with Crippen LogP contribution in [0.3, 0.4) is 0 Å². The molecule has 0 unspecified atom stereocenters. The lowest BCUT2D eigenvalue weighted by molar-refractivity contribution is 0.881. The van der Waals surface area contributed by atoms with E-state index in [4.69, 9.17) is 0 Å². The summed E-state index contributed by atoms with van der Waals surface area (Å²) in [6.07, 6.45) is 3.87. The Kier molecular flexibility index (Phi) is 4.93. The summed E-state index contributed by atoms with van der Waals surface area (Å²) in [6.45, 7) is 0. The third kappa shape index (κ3) is 4.04. The Bertz CT molecular complexity index is 1110. The Labute approximate surface area is 159 Å². The van der Waals surface area contributed by atoms with E-state index in [2.05, 4.69) is 25.6 Å². The number of rotatable bonds is 5. The molecule has 0 aliphatic rings. The van der Waals surface area contributed by atoms with Crippen LogP contribution in [-0.4, -0.2) is 25.6 Å². The van der Waals surface area contributed by atoms with Gasteiger partial charge in [-0.1, -0.05) is 66.4 Å². The maximum atomic E-state index is 12.5. The van der Waals surface area contributed by atoms with Crippen molar-refractivity contribution in [3.63, 3.8) is 0 Å². The first-order valence-electron chi connectivity index (χ1n) is 8.27. The predicted octanol–water partition coefficient (Wildman–Crippen LogP) is 3.88. The number of tetrazole rings is 1. The number of aromatic nitrogens is 5. The van der Waals surface area contributed by atoms with Crippen molar-refractivity contribution in [3.05, 3.63) is 88.3 Å². The van der Waals surface area contributed by atoms with Gasteiger partial charge in [0.1, 0.15) is 0 Å². The maximum Gasteiger partial charge on any atom is 0.259 e. The first kappa shape index (κ1) is 17.0. The Hall–Kier alpha value is -3.45. The normalized spacial score (nSPS) is 11.1. The molecule has 4 rings (SSSR count). The van der Waals surface area contributed by atoms with E-state index in [1.165, 1.54) is 0 Å². The molecule has 0 spiro atoms. The van der Waals surface area contributed by atoms with Gasteiger partial charge in [0, 0.05) is 9.79 Å². The second-order valence-electron chi connectivity index (χ2n) is 5.68. The second-order valence-corrected chi connectivity index (χ2v) is 6.80. The van der Waals surface area contributed by atoms with Gasteiger partial charge in [-0.2, -0.15) is 5.21 Å². The van der Waals surface area contributed by atoms with Crippen LogP contribution in [0.4, 0.5) is 0 Å². The first-order chi connectivity index (χ1) is 13.3. The highest BCUT2D eigenvalue weighted by Crippen LogP contribution is 2.31. The van der Waals surface area contributed by atoms with E-state index in [9.17, 15) is 4.79 Å². The van der Waals surface area contributed by atoms with Crippen LogP contribution in [0.25, 0.3) is 23.5 Å². The molecule has 4 aromatic rings. The SMILES string of the molecule is O=c1[nH]c(C=Cc2ccccc2)c(Sc2ccccc2)cc1-c1nn[nH]n1. The summed E-state index contributed by atoms with van der Waals surface area (Å²) in [5.74, 6) is 0.268. The number of nitrogens with one attached hydrogen (secondary N) is 2. The molecule has 132 valence electrons. The highest BCUT2D eigenvalue weighted by Gasteiger charge is 2.13. The Balaban J connectivity index is 1.77. The Morgan fingerprint density at radius 1 is 0.926 bits per heavy atom. The average Bonchev–Trinajstić information content (AvgIpc) is 3.24. The van der Waals surface area contributed by atoms with E-state index >= 15 is 0 Å². The summed E-state index contributed by atoms with van der Waals surface area (Å²) in [7, 11) is 0. The summed E-state index contributed by atoms with van der Waals surface area (Å²) >= 11 is 1.56. The Morgan fingerprint density at radius 3 is 2.37 bits per heavy atom. The van der Waals surface area contributed by atoms with Crippen molar-refractivity contribution in [3.8, 4) is 11.4 Å². The molecule has 0 aliphatic carbocycles. The van der Waals surface area contributed by atoms with Gasteiger partial charge in [-0.3, -0.25) is 4.79 Å². The molecular weight excluding hydrogens is 358 g/mol. The summed E-state index contributed by atoms with van der Waals surface area (Å²) in [5.41, 5.74) is 1.89. The van der Waals surface area contributed by atoms with Crippen LogP contribution < -0.4 is 5.56 Å². The minimum absolute atomic E-state index is 0.262. The first-order valence-corrected chi connectivity index (χ1v) is 9.08. The third-order valence-electron chi connectivity index (χ3n) is 3.83. The van der Waals surface area contributed by atoms with Crippen molar-refractivity contribution in [2.45, 2.75) is 9.79 Å². The lowest BCUT2D eigenvalue weighted by Gasteiger charge is -2.08. The fourth-order valence-electron chi connectivity index (χ4n) is 2.54. The number of pyridine rings is 1. The summed E-state index contributed by atoms with van der Waals surface area (Å²) in [5, 5.41) is 13.8. The molecule has 27 heavy (non-hydrogen) atoms. The molecule has 2 heterocycles.